The number of hydrogen-bond donors (Lipinski definition) is 0. The van der Waals surface area contributed by atoms with Crippen LogP contribution in [-0.4, -0.2) is 19.5 Å². The fourth-order valence-corrected chi connectivity index (χ4v) is 9.51. The lowest BCUT2D eigenvalue weighted by atomic mass is 9.63. The van der Waals surface area contributed by atoms with E-state index in [2.05, 4.69) is 162 Å². The lowest BCUT2D eigenvalue weighted by Crippen LogP contribution is -2.30. The van der Waals surface area contributed by atoms with E-state index >= 15 is 0 Å². The maximum atomic E-state index is 5.34. The number of fused-ring (bicyclic) bond motifs is 7. The zero-order valence-electron chi connectivity index (χ0n) is 29.1. The van der Waals surface area contributed by atoms with Gasteiger partial charge in [-0.25, -0.2) is 4.98 Å². The van der Waals surface area contributed by atoms with E-state index in [0.717, 1.165) is 33.3 Å². The lowest BCUT2D eigenvalue weighted by Gasteiger charge is -2.37. The molecule has 10 aromatic rings. The lowest BCUT2D eigenvalue weighted by molar-refractivity contribution is 0.783. The van der Waals surface area contributed by atoms with Crippen molar-refractivity contribution in [1.29, 1.82) is 0 Å². The first-order valence-electron chi connectivity index (χ1n) is 18.5. The molecule has 0 saturated carbocycles. The van der Waals surface area contributed by atoms with Gasteiger partial charge in [-0.15, -0.1) is 0 Å². The molecule has 0 saturated heterocycles. The molecule has 8 aromatic carbocycles. The van der Waals surface area contributed by atoms with Gasteiger partial charge in [-0.3, -0.25) is 4.57 Å². The predicted octanol–water partition coefficient (Wildman–Crippen LogP) is 11.8. The number of aromatic nitrogens is 4. The highest BCUT2D eigenvalue weighted by atomic mass is 15.2. The molecule has 12 rings (SSSR count). The third kappa shape index (κ3) is 3.84. The van der Waals surface area contributed by atoms with Crippen LogP contribution < -0.4 is 0 Å². The summed E-state index contributed by atoms with van der Waals surface area (Å²) in [4.78, 5) is 15.7. The second-order valence-corrected chi connectivity index (χ2v) is 14.3. The number of benzene rings is 8. The van der Waals surface area contributed by atoms with E-state index in [4.69, 9.17) is 15.0 Å². The van der Waals surface area contributed by atoms with Crippen LogP contribution in [0.2, 0.25) is 0 Å². The average molecular weight is 687 g/mol. The molecule has 2 aliphatic carbocycles. The smallest absolute Gasteiger partial charge is 0.238 e. The maximum absolute atomic E-state index is 5.34. The Balaban J connectivity index is 1.19. The monoisotopic (exact) mass is 686 g/mol. The third-order valence-electron chi connectivity index (χ3n) is 11.6. The molecule has 0 unspecified atom stereocenters. The zero-order chi connectivity index (χ0) is 35.4. The van der Waals surface area contributed by atoms with Crippen LogP contribution in [-0.2, 0) is 5.41 Å². The first-order chi connectivity index (χ1) is 26.8. The van der Waals surface area contributed by atoms with Crippen molar-refractivity contribution >= 4 is 32.6 Å². The van der Waals surface area contributed by atoms with Crippen LogP contribution >= 0.6 is 0 Å². The highest BCUT2D eigenvalue weighted by Gasteiger charge is 2.50. The Bertz CT molecular complexity index is 3110. The van der Waals surface area contributed by atoms with Gasteiger partial charge in [0.15, 0.2) is 11.6 Å². The van der Waals surface area contributed by atoms with Crippen molar-refractivity contribution in [2.24, 2.45) is 0 Å². The molecule has 2 aliphatic rings. The number of rotatable bonds is 4. The summed E-state index contributed by atoms with van der Waals surface area (Å²) in [5.41, 5.74) is 13.7. The number of hydrogen-bond acceptors (Lipinski definition) is 3. The molecule has 0 N–H and O–H groups in total. The highest BCUT2D eigenvalue weighted by Crippen LogP contribution is 2.62. The van der Waals surface area contributed by atoms with Gasteiger partial charge in [0.1, 0.15) is 0 Å². The maximum Gasteiger partial charge on any atom is 0.238 e. The molecule has 0 bridgehead atoms. The van der Waals surface area contributed by atoms with E-state index in [-0.39, 0.29) is 0 Å². The summed E-state index contributed by atoms with van der Waals surface area (Å²) in [6.07, 6.45) is 0. The molecule has 54 heavy (non-hydrogen) atoms. The van der Waals surface area contributed by atoms with E-state index in [0.29, 0.717) is 17.6 Å². The van der Waals surface area contributed by atoms with Crippen LogP contribution in [0.15, 0.2) is 182 Å². The van der Waals surface area contributed by atoms with E-state index in [1.54, 1.807) is 0 Å². The Labute approximate surface area is 311 Å². The molecule has 2 aromatic heterocycles. The van der Waals surface area contributed by atoms with Crippen LogP contribution in [0.4, 0.5) is 0 Å². The Hall–Kier alpha value is -7.17. The zero-order valence-corrected chi connectivity index (χ0v) is 29.1. The van der Waals surface area contributed by atoms with Gasteiger partial charge < -0.3 is 0 Å². The van der Waals surface area contributed by atoms with Gasteiger partial charge in [-0.05, 0) is 73.5 Å². The Kier molecular flexibility index (Phi) is 5.95. The minimum Gasteiger partial charge on any atom is -0.278 e. The predicted molar refractivity (Wildman–Crippen MR) is 219 cm³/mol. The quantitative estimate of drug-likeness (QED) is 0.185. The minimum atomic E-state index is -0.475. The summed E-state index contributed by atoms with van der Waals surface area (Å²) < 4.78 is 2.27. The first kappa shape index (κ1) is 29.4. The van der Waals surface area contributed by atoms with Gasteiger partial charge in [-0.1, -0.05) is 164 Å². The van der Waals surface area contributed by atoms with E-state index in [1.165, 1.54) is 54.9 Å². The van der Waals surface area contributed by atoms with Gasteiger partial charge in [0.05, 0.1) is 16.4 Å². The normalized spacial score (nSPS) is 13.3. The SMILES string of the molecule is c1ccc(-c2cccc(-c3nc(-c4ccccc4)nc(-n4c5cccc6c5c5c7c(cccc7ccc54)C64c5ccccc5-c5ccccc54)n3)c2)cc1. The van der Waals surface area contributed by atoms with Crippen molar-refractivity contribution < 1.29 is 0 Å². The van der Waals surface area contributed by atoms with Crippen LogP contribution in [0.3, 0.4) is 0 Å². The van der Waals surface area contributed by atoms with Crippen molar-refractivity contribution in [3.63, 3.8) is 0 Å². The van der Waals surface area contributed by atoms with E-state index < -0.39 is 5.41 Å². The Morgan fingerprint density at radius 3 is 1.63 bits per heavy atom. The minimum absolute atomic E-state index is 0.475. The summed E-state index contributed by atoms with van der Waals surface area (Å²) in [6.45, 7) is 0. The third-order valence-corrected chi connectivity index (χ3v) is 11.6. The second-order valence-electron chi connectivity index (χ2n) is 14.3. The van der Waals surface area contributed by atoms with Crippen molar-refractivity contribution in [2.45, 2.75) is 5.41 Å². The van der Waals surface area contributed by atoms with Crippen LogP contribution in [0.25, 0.3) is 83.6 Å². The molecular weight excluding hydrogens is 657 g/mol. The Morgan fingerprint density at radius 1 is 0.352 bits per heavy atom. The molecular formula is C50H30N4. The molecule has 0 amide bonds. The molecule has 0 radical (unpaired) electrons. The average Bonchev–Trinajstić information content (AvgIpc) is 3.75. The molecule has 0 aliphatic heterocycles. The highest BCUT2D eigenvalue weighted by molar-refractivity contribution is 6.26. The van der Waals surface area contributed by atoms with Gasteiger partial charge in [0.25, 0.3) is 0 Å². The molecule has 250 valence electrons. The molecule has 4 nitrogen and oxygen atoms in total. The van der Waals surface area contributed by atoms with Gasteiger partial charge in [0.2, 0.25) is 5.95 Å². The van der Waals surface area contributed by atoms with Crippen molar-refractivity contribution in [3.8, 4) is 51.0 Å². The first-order valence-corrected chi connectivity index (χ1v) is 18.5. The van der Waals surface area contributed by atoms with Gasteiger partial charge in [0, 0.05) is 21.9 Å². The molecule has 0 atom stereocenters. The largest absolute Gasteiger partial charge is 0.278 e. The van der Waals surface area contributed by atoms with E-state index in [1.807, 2.05) is 24.3 Å². The second kappa shape index (κ2) is 10.9. The van der Waals surface area contributed by atoms with Crippen LogP contribution in [0.1, 0.15) is 22.3 Å². The molecule has 0 fully saturated rings. The van der Waals surface area contributed by atoms with E-state index in [9.17, 15) is 0 Å². The van der Waals surface area contributed by atoms with Crippen molar-refractivity contribution in [2.75, 3.05) is 0 Å². The van der Waals surface area contributed by atoms with Gasteiger partial charge >= 0.3 is 0 Å². The molecule has 2 heterocycles. The summed E-state index contributed by atoms with van der Waals surface area (Å²) >= 11 is 0. The van der Waals surface area contributed by atoms with Crippen LogP contribution in [0, 0.1) is 0 Å². The van der Waals surface area contributed by atoms with Crippen molar-refractivity contribution in [3.05, 3.63) is 204 Å². The molecule has 1 spiro atoms. The summed E-state index contributed by atoms with van der Waals surface area (Å²) in [5, 5.41) is 5.01. The van der Waals surface area contributed by atoms with Crippen molar-refractivity contribution in [1.82, 2.24) is 19.5 Å². The summed E-state index contributed by atoms with van der Waals surface area (Å²) in [6, 6.07) is 65.3. The fraction of sp³-hybridized carbons (Fsp3) is 0.0200. The Morgan fingerprint density at radius 2 is 0.889 bits per heavy atom. The summed E-state index contributed by atoms with van der Waals surface area (Å²) in [5.74, 6) is 1.87. The topological polar surface area (TPSA) is 43.6 Å². The standard InChI is InChI=1S/C50H30N4/c1-3-14-31(15-4-1)34-19-11-20-35(30-34)48-51-47(33-16-5-2-6-17-33)52-49(53-48)54-42-27-13-26-41-45(42)46-43(54)29-28-32-18-12-25-40(44(32)46)50(41)38-23-9-7-21-36(38)37-22-8-10-24-39(37)50/h1-30H. The number of nitrogens with zero attached hydrogens (tertiary/aromatic N) is 4. The van der Waals surface area contributed by atoms with Crippen LogP contribution in [0.5, 0.6) is 0 Å². The fourth-order valence-electron chi connectivity index (χ4n) is 9.51. The van der Waals surface area contributed by atoms with Gasteiger partial charge in [-0.2, -0.15) is 9.97 Å². The molecule has 4 heteroatoms. The summed E-state index contributed by atoms with van der Waals surface area (Å²) in [7, 11) is 0.